The number of fused-ring (bicyclic) bond motifs is 3. The van der Waals surface area contributed by atoms with Crippen LogP contribution in [0.1, 0.15) is 12.1 Å². The molecule has 1 aliphatic heterocycles. The number of carbonyl (C=O) groups is 1. The van der Waals surface area contributed by atoms with Crippen molar-refractivity contribution in [3.05, 3.63) is 70.7 Å². The molecule has 4 aromatic rings. The van der Waals surface area contributed by atoms with Gasteiger partial charge < -0.3 is 5.32 Å². The second-order valence-corrected chi connectivity index (χ2v) is 8.18. The number of aromatic nitrogens is 5. The molecule has 4 aromatic heterocycles. The quantitative estimate of drug-likeness (QED) is 0.529. The van der Waals surface area contributed by atoms with Gasteiger partial charge in [-0.05, 0) is 42.0 Å². The lowest BCUT2D eigenvalue weighted by Gasteiger charge is -2.10. The molecule has 0 spiro atoms. The van der Waals surface area contributed by atoms with E-state index in [4.69, 9.17) is 5.10 Å². The molecular formula is C21H17FN6O2S. The zero-order valence-electron chi connectivity index (χ0n) is 16.3. The summed E-state index contributed by atoms with van der Waals surface area (Å²) in [6.07, 6.45) is 5.65. The van der Waals surface area contributed by atoms with Crippen molar-refractivity contribution in [1.29, 1.82) is 0 Å². The van der Waals surface area contributed by atoms with E-state index in [1.165, 1.54) is 16.7 Å². The Hall–Kier alpha value is -3.53. The Balaban J connectivity index is 1.60. The summed E-state index contributed by atoms with van der Waals surface area (Å²) in [5, 5.41) is 7.66. The fraction of sp³-hybridized carbons (Fsp3) is 0.190. The number of carbonyl (C=O) groups excluding carboxylic acids is 1. The van der Waals surface area contributed by atoms with Crippen molar-refractivity contribution in [3.8, 4) is 0 Å². The Labute approximate surface area is 179 Å². The first-order valence-corrected chi connectivity index (χ1v) is 10.8. The molecule has 0 bridgehead atoms. The molecule has 156 valence electrons. The molecule has 1 amide bonds. The van der Waals surface area contributed by atoms with E-state index in [2.05, 4.69) is 21.4 Å². The summed E-state index contributed by atoms with van der Waals surface area (Å²) in [5.41, 5.74) is 2.47. The summed E-state index contributed by atoms with van der Waals surface area (Å²) in [4.78, 5) is 34.0. The van der Waals surface area contributed by atoms with E-state index >= 15 is 0 Å². The Bertz CT molecular complexity index is 1390. The van der Waals surface area contributed by atoms with E-state index in [0.717, 1.165) is 35.4 Å². The predicted molar refractivity (Wildman–Crippen MR) is 117 cm³/mol. The van der Waals surface area contributed by atoms with Gasteiger partial charge in [-0.1, -0.05) is 6.08 Å². The lowest BCUT2D eigenvalue weighted by Crippen LogP contribution is -2.29. The first-order chi connectivity index (χ1) is 15.1. The SMILES string of the molecule is O=C(Cn1c(=O)c2cccnc2n2nc(C3=CCSCC3)cc12)Nc1ccc(F)cn1. The fourth-order valence-corrected chi connectivity index (χ4v) is 4.40. The second kappa shape index (κ2) is 7.95. The standard InChI is InChI=1S/C21H17FN6O2S/c22-14-3-4-17(24-11-14)25-18(29)12-27-19-10-16(13-5-8-31-9-6-13)26-28(19)20-15(21(27)30)2-1-7-23-20/h1-5,7,10-11H,6,8-9,12H2,(H,24,25,29). The van der Waals surface area contributed by atoms with Crippen LogP contribution in [0.3, 0.4) is 0 Å². The molecule has 0 fully saturated rings. The van der Waals surface area contributed by atoms with Crippen LogP contribution in [0.25, 0.3) is 22.3 Å². The number of nitrogens with one attached hydrogen (secondary N) is 1. The molecule has 0 atom stereocenters. The van der Waals surface area contributed by atoms with Crippen LogP contribution in [-0.4, -0.2) is 41.6 Å². The largest absolute Gasteiger partial charge is 0.309 e. The minimum atomic E-state index is -0.500. The lowest BCUT2D eigenvalue weighted by molar-refractivity contribution is -0.116. The predicted octanol–water partition coefficient (Wildman–Crippen LogP) is 2.74. The van der Waals surface area contributed by atoms with E-state index < -0.39 is 11.7 Å². The molecule has 5 heterocycles. The first kappa shape index (κ1) is 19.4. The third kappa shape index (κ3) is 3.70. The van der Waals surface area contributed by atoms with Crippen LogP contribution in [0.2, 0.25) is 0 Å². The average Bonchev–Trinajstić information content (AvgIpc) is 3.24. The van der Waals surface area contributed by atoms with Crippen molar-refractivity contribution in [3.63, 3.8) is 0 Å². The van der Waals surface area contributed by atoms with Crippen molar-refractivity contribution in [2.45, 2.75) is 13.0 Å². The van der Waals surface area contributed by atoms with E-state index in [1.54, 1.807) is 22.8 Å². The molecule has 10 heteroatoms. The van der Waals surface area contributed by atoms with Crippen molar-refractivity contribution < 1.29 is 9.18 Å². The van der Waals surface area contributed by atoms with Gasteiger partial charge in [-0.3, -0.25) is 14.2 Å². The summed E-state index contributed by atoms with van der Waals surface area (Å²) < 4.78 is 16.0. The highest BCUT2D eigenvalue weighted by Gasteiger charge is 2.19. The molecule has 31 heavy (non-hydrogen) atoms. The van der Waals surface area contributed by atoms with E-state index in [9.17, 15) is 14.0 Å². The number of halogens is 1. The lowest BCUT2D eigenvalue weighted by atomic mass is 10.1. The summed E-state index contributed by atoms with van der Waals surface area (Å²) in [7, 11) is 0. The van der Waals surface area contributed by atoms with Gasteiger partial charge in [-0.15, -0.1) is 0 Å². The Kier molecular flexibility index (Phi) is 4.99. The van der Waals surface area contributed by atoms with Gasteiger partial charge in [0.25, 0.3) is 5.56 Å². The van der Waals surface area contributed by atoms with E-state index in [1.807, 2.05) is 17.8 Å². The first-order valence-electron chi connectivity index (χ1n) is 9.66. The fourth-order valence-electron chi connectivity index (χ4n) is 3.55. The van der Waals surface area contributed by atoms with Crippen LogP contribution < -0.4 is 10.9 Å². The van der Waals surface area contributed by atoms with Crippen molar-refractivity contribution in [1.82, 2.24) is 24.1 Å². The number of hydrogen-bond acceptors (Lipinski definition) is 6. The van der Waals surface area contributed by atoms with Gasteiger partial charge in [0, 0.05) is 18.0 Å². The van der Waals surface area contributed by atoms with E-state index in [-0.39, 0.29) is 17.9 Å². The van der Waals surface area contributed by atoms with Gasteiger partial charge in [0.1, 0.15) is 23.8 Å². The smallest absolute Gasteiger partial charge is 0.263 e. The molecule has 1 N–H and O–H groups in total. The monoisotopic (exact) mass is 436 g/mol. The van der Waals surface area contributed by atoms with Crippen LogP contribution in [0.5, 0.6) is 0 Å². The number of pyridine rings is 2. The number of nitrogens with zero attached hydrogens (tertiary/aromatic N) is 5. The van der Waals surface area contributed by atoms with Gasteiger partial charge >= 0.3 is 0 Å². The molecule has 0 saturated carbocycles. The maximum atomic E-state index is 13.2. The third-order valence-electron chi connectivity index (χ3n) is 5.02. The molecule has 0 unspecified atom stereocenters. The zero-order chi connectivity index (χ0) is 21.4. The summed E-state index contributed by atoms with van der Waals surface area (Å²) in [5.74, 6) is 1.18. The second-order valence-electron chi connectivity index (χ2n) is 7.03. The number of anilines is 1. The van der Waals surface area contributed by atoms with Gasteiger partial charge in [-0.2, -0.15) is 21.4 Å². The van der Waals surface area contributed by atoms with Crippen molar-refractivity contribution >= 4 is 45.7 Å². The number of thioether (sulfide) groups is 1. The molecular weight excluding hydrogens is 419 g/mol. The summed E-state index contributed by atoms with van der Waals surface area (Å²) in [6.45, 7) is -0.244. The molecule has 8 nitrogen and oxygen atoms in total. The zero-order valence-corrected chi connectivity index (χ0v) is 17.1. The Morgan fingerprint density at radius 3 is 2.94 bits per heavy atom. The summed E-state index contributed by atoms with van der Waals surface area (Å²) in [6, 6.07) is 7.72. The highest BCUT2D eigenvalue weighted by Crippen LogP contribution is 2.26. The van der Waals surface area contributed by atoms with Gasteiger partial charge in [0.15, 0.2) is 5.65 Å². The van der Waals surface area contributed by atoms with Gasteiger partial charge in [0.2, 0.25) is 5.91 Å². The number of hydrogen-bond donors (Lipinski definition) is 1. The van der Waals surface area contributed by atoms with Crippen LogP contribution in [0.4, 0.5) is 10.2 Å². The van der Waals surface area contributed by atoms with Crippen molar-refractivity contribution in [2.75, 3.05) is 16.8 Å². The maximum absolute atomic E-state index is 13.2. The average molecular weight is 436 g/mol. The van der Waals surface area contributed by atoms with Gasteiger partial charge in [-0.25, -0.2) is 14.4 Å². The van der Waals surface area contributed by atoms with Crippen LogP contribution >= 0.6 is 11.8 Å². The molecule has 1 aliphatic rings. The molecule has 0 aliphatic carbocycles. The summed E-state index contributed by atoms with van der Waals surface area (Å²) >= 11 is 1.86. The molecule has 0 radical (unpaired) electrons. The highest BCUT2D eigenvalue weighted by molar-refractivity contribution is 7.99. The number of amides is 1. The topological polar surface area (TPSA) is 94.2 Å². The molecule has 0 saturated heterocycles. The van der Waals surface area contributed by atoms with Crippen LogP contribution in [0.15, 0.2) is 53.6 Å². The van der Waals surface area contributed by atoms with Crippen molar-refractivity contribution in [2.24, 2.45) is 0 Å². The minimum absolute atomic E-state index is 0.206. The third-order valence-corrected chi connectivity index (χ3v) is 5.91. The highest BCUT2D eigenvalue weighted by atomic mass is 32.2. The van der Waals surface area contributed by atoms with Gasteiger partial charge in [0.05, 0.1) is 17.3 Å². The molecule has 0 aromatic carbocycles. The minimum Gasteiger partial charge on any atom is -0.309 e. The number of allylic oxidation sites excluding steroid dienone is 1. The van der Waals surface area contributed by atoms with Crippen LogP contribution in [0, 0.1) is 5.82 Å². The number of rotatable bonds is 4. The normalized spacial score (nSPS) is 14.0. The maximum Gasteiger partial charge on any atom is 0.263 e. The molecule has 5 rings (SSSR count). The van der Waals surface area contributed by atoms with E-state index in [0.29, 0.717) is 16.7 Å². The Morgan fingerprint density at radius 1 is 1.26 bits per heavy atom. The van der Waals surface area contributed by atoms with Crippen LogP contribution in [-0.2, 0) is 11.3 Å². The Morgan fingerprint density at radius 2 is 2.16 bits per heavy atom.